The fraction of sp³-hybridized carbons (Fsp3) is 0.417. The summed E-state index contributed by atoms with van der Waals surface area (Å²) in [6.07, 6.45) is 1.80. The highest BCUT2D eigenvalue weighted by Gasteiger charge is 2.24. The van der Waals surface area contributed by atoms with Crippen molar-refractivity contribution >= 4 is 23.4 Å². The standard InChI is InChI=1S/C12H16N2O5S/c1-20-9-2-3-11(14(18)19)10(8-9)12(17)13(4-6-15)5-7-16/h2-3,8,15-16H,4-7H2,1H3. The fourth-order valence-electron chi connectivity index (χ4n) is 1.70. The number of carbonyl (C=O) groups excluding carboxylic acids is 1. The lowest BCUT2D eigenvalue weighted by Crippen LogP contribution is -2.36. The average Bonchev–Trinajstić information content (AvgIpc) is 2.45. The lowest BCUT2D eigenvalue weighted by Gasteiger charge is -2.20. The van der Waals surface area contributed by atoms with Crippen LogP contribution in [0.5, 0.6) is 0 Å². The molecule has 0 aliphatic carbocycles. The van der Waals surface area contributed by atoms with E-state index in [-0.39, 0.29) is 37.6 Å². The monoisotopic (exact) mass is 300 g/mol. The van der Waals surface area contributed by atoms with Crippen molar-refractivity contribution in [3.8, 4) is 0 Å². The van der Waals surface area contributed by atoms with Gasteiger partial charge in [-0.1, -0.05) is 0 Å². The number of nitro benzene ring substituents is 1. The van der Waals surface area contributed by atoms with Gasteiger partial charge < -0.3 is 15.1 Å². The third-order valence-corrected chi connectivity index (χ3v) is 3.38. The molecule has 0 aromatic heterocycles. The summed E-state index contributed by atoms with van der Waals surface area (Å²) in [5, 5.41) is 28.8. The van der Waals surface area contributed by atoms with Gasteiger partial charge in [0, 0.05) is 24.1 Å². The molecule has 0 heterocycles. The Labute approximate surface area is 120 Å². The number of nitrogens with zero attached hydrogens (tertiary/aromatic N) is 2. The van der Waals surface area contributed by atoms with Crippen LogP contribution in [0.2, 0.25) is 0 Å². The number of rotatable bonds is 7. The van der Waals surface area contributed by atoms with Crippen LogP contribution in [0, 0.1) is 10.1 Å². The second kappa shape index (κ2) is 7.83. The van der Waals surface area contributed by atoms with Gasteiger partial charge in [0.1, 0.15) is 5.56 Å². The van der Waals surface area contributed by atoms with Crippen molar-refractivity contribution in [1.82, 2.24) is 4.90 Å². The van der Waals surface area contributed by atoms with Gasteiger partial charge in [0.2, 0.25) is 0 Å². The number of aliphatic hydroxyl groups excluding tert-OH is 2. The molecule has 0 fully saturated rings. The Morgan fingerprint density at radius 3 is 2.40 bits per heavy atom. The second-order valence-corrected chi connectivity index (χ2v) is 4.76. The second-order valence-electron chi connectivity index (χ2n) is 3.88. The third kappa shape index (κ3) is 3.92. The first-order valence-corrected chi connectivity index (χ1v) is 7.11. The molecule has 1 aromatic rings. The van der Waals surface area contributed by atoms with Gasteiger partial charge in [-0.05, 0) is 18.4 Å². The van der Waals surface area contributed by atoms with Crippen LogP contribution in [0.3, 0.4) is 0 Å². The number of amides is 1. The quantitative estimate of drug-likeness (QED) is 0.437. The number of hydrogen-bond donors (Lipinski definition) is 2. The molecule has 0 atom stereocenters. The topological polar surface area (TPSA) is 104 Å². The summed E-state index contributed by atoms with van der Waals surface area (Å²) in [6, 6.07) is 4.31. The number of thioether (sulfide) groups is 1. The molecule has 0 aliphatic rings. The minimum Gasteiger partial charge on any atom is -0.395 e. The van der Waals surface area contributed by atoms with E-state index in [1.165, 1.54) is 28.8 Å². The SMILES string of the molecule is CSc1ccc([N+](=O)[O-])c(C(=O)N(CCO)CCO)c1. The Kier molecular flexibility index (Phi) is 6.43. The summed E-state index contributed by atoms with van der Waals surface area (Å²) in [5.74, 6) is -0.573. The lowest BCUT2D eigenvalue weighted by atomic mass is 10.1. The Balaban J connectivity index is 3.19. The zero-order chi connectivity index (χ0) is 15.1. The zero-order valence-electron chi connectivity index (χ0n) is 11.0. The molecule has 1 rings (SSSR count). The van der Waals surface area contributed by atoms with Crippen molar-refractivity contribution in [3.63, 3.8) is 0 Å². The molecule has 0 saturated carbocycles. The number of hydrogen-bond acceptors (Lipinski definition) is 6. The molecule has 0 spiro atoms. The van der Waals surface area contributed by atoms with Crippen LogP contribution in [-0.4, -0.2) is 58.5 Å². The van der Waals surface area contributed by atoms with E-state index in [0.29, 0.717) is 0 Å². The van der Waals surface area contributed by atoms with Crippen LogP contribution < -0.4 is 0 Å². The molecule has 8 heteroatoms. The Morgan fingerprint density at radius 1 is 1.35 bits per heavy atom. The van der Waals surface area contributed by atoms with Crippen LogP contribution in [-0.2, 0) is 0 Å². The van der Waals surface area contributed by atoms with Crippen LogP contribution >= 0.6 is 11.8 Å². The average molecular weight is 300 g/mol. The number of aliphatic hydroxyl groups is 2. The van der Waals surface area contributed by atoms with Gasteiger partial charge in [-0.2, -0.15) is 0 Å². The van der Waals surface area contributed by atoms with Gasteiger partial charge in [-0.3, -0.25) is 14.9 Å². The molecule has 0 bridgehead atoms. The molecule has 110 valence electrons. The maximum atomic E-state index is 12.3. The molecular weight excluding hydrogens is 284 g/mol. The predicted octanol–water partition coefficient (Wildman–Crippen LogP) is 0.744. The van der Waals surface area contributed by atoms with E-state index < -0.39 is 10.8 Å². The van der Waals surface area contributed by atoms with E-state index in [0.717, 1.165) is 4.90 Å². The smallest absolute Gasteiger partial charge is 0.282 e. The summed E-state index contributed by atoms with van der Waals surface area (Å²) >= 11 is 1.37. The molecule has 1 amide bonds. The van der Waals surface area contributed by atoms with Crippen LogP contribution in [0.25, 0.3) is 0 Å². The minimum atomic E-state index is -0.618. The van der Waals surface area contributed by atoms with E-state index in [1.54, 1.807) is 12.3 Å². The first kappa shape index (κ1) is 16.4. The van der Waals surface area contributed by atoms with Crippen molar-refractivity contribution in [2.75, 3.05) is 32.6 Å². The van der Waals surface area contributed by atoms with Crippen molar-refractivity contribution in [2.24, 2.45) is 0 Å². The molecule has 0 unspecified atom stereocenters. The largest absolute Gasteiger partial charge is 0.395 e. The maximum Gasteiger partial charge on any atom is 0.282 e. The summed E-state index contributed by atoms with van der Waals surface area (Å²) in [7, 11) is 0. The Hall–Kier alpha value is -1.64. The maximum absolute atomic E-state index is 12.3. The van der Waals surface area contributed by atoms with E-state index in [4.69, 9.17) is 10.2 Å². The first-order valence-electron chi connectivity index (χ1n) is 5.88. The molecular formula is C12H16N2O5S. The predicted molar refractivity (Wildman–Crippen MR) is 75.0 cm³/mol. The van der Waals surface area contributed by atoms with Crippen molar-refractivity contribution in [3.05, 3.63) is 33.9 Å². The summed E-state index contributed by atoms with van der Waals surface area (Å²) in [4.78, 5) is 24.6. The third-order valence-electron chi connectivity index (χ3n) is 2.66. The minimum absolute atomic E-state index is 0.0139. The molecule has 2 N–H and O–H groups in total. The van der Waals surface area contributed by atoms with Crippen LogP contribution in [0.4, 0.5) is 5.69 Å². The highest BCUT2D eigenvalue weighted by Crippen LogP contribution is 2.25. The van der Waals surface area contributed by atoms with E-state index >= 15 is 0 Å². The van der Waals surface area contributed by atoms with Gasteiger partial charge in [-0.15, -0.1) is 11.8 Å². The lowest BCUT2D eigenvalue weighted by molar-refractivity contribution is -0.385. The van der Waals surface area contributed by atoms with Crippen molar-refractivity contribution < 1.29 is 19.9 Å². The zero-order valence-corrected chi connectivity index (χ0v) is 11.8. The van der Waals surface area contributed by atoms with Gasteiger partial charge in [0.15, 0.2) is 0 Å². The van der Waals surface area contributed by atoms with Crippen molar-refractivity contribution in [2.45, 2.75) is 4.90 Å². The molecule has 0 radical (unpaired) electrons. The number of nitro groups is 1. The van der Waals surface area contributed by atoms with Gasteiger partial charge in [0.25, 0.3) is 11.6 Å². The van der Waals surface area contributed by atoms with E-state index in [1.807, 2.05) is 0 Å². The normalized spacial score (nSPS) is 10.3. The highest BCUT2D eigenvalue weighted by atomic mass is 32.2. The van der Waals surface area contributed by atoms with Gasteiger partial charge in [0.05, 0.1) is 18.1 Å². The van der Waals surface area contributed by atoms with Gasteiger partial charge in [-0.25, -0.2) is 0 Å². The first-order chi connectivity index (χ1) is 9.54. The summed E-state index contributed by atoms with van der Waals surface area (Å²) in [5.41, 5.74) is -0.322. The van der Waals surface area contributed by atoms with Crippen LogP contribution in [0.1, 0.15) is 10.4 Å². The van der Waals surface area contributed by atoms with Crippen LogP contribution in [0.15, 0.2) is 23.1 Å². The molecule has 0 aliphatic heterocycles. The van der Waals surface area contributed by atoms with Crippen molar-refractivity contribution in [1.29, 1.82) is 0 Å². The number of carbonyl (C=O) groups is 1. The molecule has 1 aromatic carbocycles. The molecule has 0 saturated heterocycles. The highest BCUT2D eigenvalue weighted by molar-refractivity contribution is 7.98. The molecule has 20 heavy (non-hydrogen) atoms. The summed E-state index contributed by atoms with van der Waals surface area (Å²) < 4.78 is 0. The van der Waals surface area contributed by atoms with E-state index in [9.17, 15) is 14.9 Å². The number of benzene rings is 1. The van der Waals surface area contributed by atoms with E-state index in [2.05, 4.69) is 0 Å². The Morgan fingerprint density at radius 2 is 1.95 bits per heavy atom. The molecule has 7 nitrogen and oxygen atoms in total. The van der Waals surface area contributed by atoms with Gasteiger partial charge >= 0.3 is 0 Å². The fourth-order valence-corrected chi connectivity index (χ4v) is 2.14. The Bertz CT molecular complexity index is 489. The summed E-state index contributed by atoms with van der Waals surface area (Å²) in [6.45, 7) is -0.524.